The SMILES string of the molecule is CCN(C(=O)CCl)[C@@H]1CCCN(Cc2ccccc2)C1. The van der Waals surface area contributed by atoms with E-state index in [0.29, 0.717) is 6.04 Å². The first-order valence-electron chi connectivity index (χ1n) is 7.36. The number of halogens is 1. The van der Waals surface area contributed by atoms with E-state index in [0.717, 1.165) is 39.0 Å². The molecule has 2 rings (SSSR count). The summed E-state index contributed by atoms with van der Waals surface area (Å²) in [6.07, 6.45) is 2.23. The monoisotopic (exact) mass is 294 g/mol. The number of hydrogen-bond donors (Lipinski definition) is 0. The first kappa shape index (κ1) is 15.3. The van der Waals surface area contributed by atoms with Crippen molar-refractivity contribution in [2.75, 3.05) is 25.5 Å². The van der Waals surface area contributed by atoms with Crippen LogP contribution in [0.5, 0.6) is 0 Å². The van der Waals surface area contributed by atoms with Crippen LogP contribution in [-0.4, -0.2) is 47.3 Å². The van der Waals surface area contributed by atoms with E-state index in [4.69, 9.17) is 11.6 Å². The Bertz CT molecular complexity index is 424. The van der Waals surface area contributed by atoms with Gasteiger partial charge in [0.2, 0.25) is 5.91 Å². The Morgan fingerprint density at radius 2 is 2.15 bits per heavy atom. The molecule has 1 atom stereocenters. The molecule has 1 amide bonds. The van der Waals surface area contributed by atoms with Gasteiger partial charge >= 0.3 is 0 Å². The van der Waals surface area contributed by atoms with Gasteiger partial charge in [0, 0.05) is 25.7 Å². The molecule has 3 nitrogen and oxygen atoms in total. The highest BCUT2D eigenvalue weighted by molar-refractivity contribution is 6.27. The van der Waals surface area contributed by atoms with E-state index in [1.807, 2.05) is 17.9 Å². The predicted molar refractivity (Wildman–Crippen MR) is 82.8 cm³/mol. The average molecular weight is 295 g/mol. The Kier molecular flexibility index (Phi) is 5.86. The molecule has 0 unspecified atom stereocenters. The molecule has 0 spiro atoms. The van der Waals surface area contributed by atoms with E-state index in [-0.39, 0.29) is 11.8 Å². The van der Waals surface area contributed by atoms with Crippen molar-refractivity contribution in [2.45, 2.75) is 32.4 Å². The van der Waals surface area contributed by atoms with Crippen LogP contribution in [0, 0.1) is 0 Å². The second-order valence-corrected chi connectivity index (χ2v) is 5.60. The van der Waals surface area contributed by atoms with Crippen molar-refractivity contribution in [1.29, 1.82) is 0 Å². The summed E-state index contributed by atoms with van der Waals surface area (Å²) in [5.41, 5.74) is 1.33. The van der Waals surface area contributed by atoms with E-state index < -0.39 is 0 Å². The molecule has 0 aromatic heterocycles. The minimum atomic E-state index is 0.0562. The third kappa shape index (κ3) is 3.97. The summed E-state index contributed by atoms with van der Waals surface area (Å²) in [7, 11) is 0. The minimum absolute atomic E-state index is 0.0562. The quantitative estimate of drug-likeness (QED) is 0.780. The minimum Gasteiger partial charge on any atom is -0.338 e. The molecule has 20 heavy (non-hydrogen) atoms. The number of piperidine rings is 1. The summed E-state index contributed by atoms with van der Waals surface area (Å²) in [5, 5.41) is 0. The number of carbonyl (C=O) groups is 1. The van der Waals surface area contributed by atoms with E-state index in [1.54, 1.807) is 0 Å². The molecule has 1 fully saturated rings. The van der Waals surface area contributed by atoms with Crippen LogP contribution in [0.2, 0.25) is 0 Å². The lowest BCUT2D eigenvalue weighted by atomic mass is 10.0. The maximum atomic E-state index is 11.9. The number of benzene rings is 1. The summed E-state index contributed by atoms with van der Waals surface area (Å²) in [4.78, 5) is 16.3. The molecule has 1 saturated heterocycles. The van der Waals surface area contributed by atoms with Crippen molar-refractivity contribution in [2.24, 2.45) is 0 Å². The Labute approximate surface area is 126 Å². The van der Waals surface area contributed by atoms with Gasteiger partial charge in [0.25, 0.3) is 0 Å². The van der Waals surface area contributed by atoms with E-state index >= 15 is 0 Å². The summed E-state index contributed by atoms with van der Waals surface area (Å²) in [5.74, 6) is 0.143. The summed E-state index contributed by atoms with van der Waals surface area (Å²) in [6.45, 7) is 5.79. The van der Waals surface area contributed by atoms with Gasteiger partial charge in [0.15, 0.2) is 0 Å². The molecule has 0 aliphatic carbocycles. The molecule has 110 valence electrons. The molecule has 1 aliphatic rings. The Morgan fingerprint density at radius 3 is 2.80 bits per heavy atom. The molecule has 0 bridgehead atoms. The van der Waals surface area contributed by atoms with Gasteiger partial charge in [-0.05, 0) is 31.9 Å². The molecule has 1 aromatic rings. The van der Waals surface area contributed by atoms with Gasteiger partial charge in [-0.15, -0.1) is 11.6 Å². The predicted octanol–water partition coefficient (Wildman–Crippen LogP) is 2.74. The second-order valence-electron chi connectivity index (χ2n) is 5.33. The molecule has 1 aliphatic heterocycles. The van der Waals surface area contributed by atoms with E-state index in [1.165, 1.54) is 5.56 Å². The zero-order chi connectivity index (χ0) is 14.4. The second kappa shape index (κ2) is 7.65. The van der Waals surface area contributed by atoms with Gasteiger partial charge < -0.3 is 4.90 Å². The van der Waals surface area contributed by atoms with Crippen molar-refractivity contribution in [1.82, 2.24) is 9.80 Å². The van der Waals surface area contributed by atoms with Crippen LogP contribution in [0.3, 0.4) is 0 Å². The number of alkyl halides is 1. The van der Waals surface area contributed by atoms with E-state index in [2.05, 4.69) is 29.2 Å². The van der Waals surface area contributed by atoms with Crippen LogP contribution in [0.25, 0.3) is 0 Å². The van der Waals surface area contributed by atoms with Crippen LogP contribution < -0.4 is 0 Å². The van der Waals surface area contributed by atoms with Crippen molar-refractivity contribution in [3.8, 4) is 0 Å². The summed E-state index contributed by atoms with van der Waals surface area (Å²) < 4.78 is 0. The highest BCUT2D eigenvalue weighted by Crippen LogP contribution is 2.18. The zero-order valence-corrected chi connectivity index (χ0v) is 12.9. The highest BCUT2D eigenvalue weighted by atomic mass is 35.5. The molecule has 0 saturated carbocycles. The largest absolute Gasteiger partial charge is 0.338 e. The Hall–Kier alpha value is -1.06. The van der Waals surface area contributed by atoms with Crippen LogP contribution >= 0.6 is 11.6 Å². The lowest BCUT2D eigenvalue weighted by Gasteiger charge is -2.39. The summed E-state index contributed by atoms with van der Waals surface area (Å²) >= 11 is 5.71. The molecule has 1 heterocycles. The van der Waals surface area contributed by atoms with Gasteiger partial charge in [0.1, 0.15) is 5.88 Å². The lowest BCUT2D eigenvalue weighted by Crippen LogP contribution is -2.50. The molecule has 4 heteroatoms. The molecular weight excluding hydrogens is 272 g/mol. The van der Waals surface area contributed by atoms with Gasteiger partial charge in [-0.25, -0.2) is 0 Å². The zero-order valence-electron chi connectivity index (χ0n) is 12.1. The van der Waals surface area contributed by atoms with Crippen LogP contribution in [-0.2, 0) is 11.3 Å². The number of likely N-dealkylation sites (tertiary alicyclic amines) is 1. The van der Waals surface area contributed by atoms with Gasteiger partial charge in [-0.2, -0.15) is 0 Å². The van der Waals surface area contributed by atoms with Crippen LogP contribution in [0.4, 0.5) is 0 Å². The number of amides is 1. The van der Waals surface area contributed by atoms with Crippen molar-refractivity contribution >= 4 is 17.5 Å². The van der Waals surface area contributed by atoms with Crippen LogP contribution in [0.1, 0.15) is 25.3 Å². The molecule has 1 aromatic carbocycles. The number of rotatable bonds is 5. The van der Waals surface area contributed by atoms with Crippen molar-refractivity contribution in [3.05, 3.63) is 35.9 Å². The topological polar surface area (TPSA) is 23.6 Å². The standard InChI is InChI=1S/C16H23ClN2O/c1-2-19(16(20)11-17)15-9-6-10-18(13-15)12-14-7-4-3-5-8-14/h3-5,7-8,15H,2,6,9-13H2,1H3/t15-/m1/s1. The van der Waals surface area contributed by atoms with Gasteiger partial charge in [0.05, 0.1) is 0 Å². The Morgan fingerprint density at radius 1 is 1.40 bits per heavy atom. The Balaban J connectivity index is 1.96. The van der Waals surface area contributed by atoms with E-state index in [9.17, 15) is 4.79 Å². The van der Waals surface area contributed by atoms with Crippen molar-refractivity contribution in [3.63, 3.8) is 0 Å². The van der Waals surface area contributed by atoms with Crippen molar-refractivity contribution < 1.29 is 4.79 Å². The summed E-state index contributed by atoms with van der Waals surface area (Å²) in [6, 6.07) is 10.8. The number of likely N-dealkylation sites (N-methyl/N-ethyl adjacent to an activating group) is 1. The van der Waals surface area contributed by atoms with Gasteiger partial charge in [-0.1, -0.05) is 30.3 Å². The lowest BCUT2D eigenvalue weighted by molar-refractivity contribution is -0.131. The third-order valence-corrected chi connectivity index (χ3v) is 4.17. The average Bonchev–Trinajstić information content (AvgIpc) is 2.49. The number of nitrogens with zero attached hydrogens (tertiary/aromatic N) is 2. The molecule has 0 radical (unpaired) electrons. The maximum absolute atomic E-state index is 11.9. The smallest absolute Gasteiger partial charge is 0.237 e. The fourth-order valence-corrected chi connectivity index (χ4v) is 3.14. The fourth-order valence-electron chi connectivity index (χ4n) is 2.99. The number of carbonyl (C=O) groups excluding carboxylic acids is 1. The van der Waals surface area contributed by atoms with Crippen LogP contribution in [0.15, 0.2) is 30.3 Å². The van der Waals surface area contributed by atoms with Gasteiger partial charge in [-0.3, -0.25) is 9.69 Å². The third-order valence-electron chi connectivity index (χ3n) is 3.95. The first-order chi connectivity index (χ1) is 9.74. The fraction of sp³-hybridized carbons (Fsp3) is 0.562. The normalized spacial score (nSPS) is 19.8. The molecular formula is C16H23ClN2O. The number of hydrogen-bond acceptors (Lipinski definition) is 2. The molecule has 0 N–H and O–H groups in total. The highest BCUT2D eigenvalue weighted by Gasteiger charge is 2.27. The first-order valence-corrected chi connectivity index (χ1v) is 7.89. The maximum Gasteiger partial charge on any atom is 0.237 e.